The van der Waals surface area contributed by atoms with Crippen LogP contribution in [0.2, 0.25) is 0 Å². The maximum absolute atomic E-state index is 13.1. The number of rotatable bonds is 11. The molecule has 0 aromatic rings. The molecule has 24 heavy (non-hydrogen) atoms. The van der Waals surface area contributed by atoms with Crippen molar-refractivity contribution < 1.29 is 23.7 Å². The van der Waals surface area contributed by atoms with Crippen LogP contribution < -0.4 is 0 Å². The van der Waals surface area contributed by atoms with Crippen molar-refractivity contribution in [3.8, 4) is 6.07 Å². The third-order valence-electron chi connectivity index (χ3n) is 4.15. The standard InChI is InChI=1S/C17H28N2O5/c1-5-8-17(2,11-18)16(20)19-14(9-23-12-21-3)6-7-15(19)10-24-13-22-4/h5,14-15H,1,6-10,12-13H2,2-4H3/t14-,15-,17+/m1/s1. The Labute approximate surface area is 144 Å². The molecule has 0 saturated carbocycles. The van der Waals surface area contributed by atoms with Crippen LogP contribution in [0.1, 0.15) is 26.2 Å². The summed E-state index contributed by atoms with van der Waals surface area (Å²) in [6, 6.07) is 1.95. The zero-order chi connectivity index (χ0) is 18.0. The average Bonchev–Trinajstić information content (AvgIpc) is 2.97. The summed E-state index contributed by atoms with van der Waals surface area (Å²) in [5.74, 6) is -0.209. The minimum atomic E-state index is -1.13. The van der Waals surface area contributed by atoms with E-state index in [1.165, 1.54) is 0 Å². The van der Waals surface area contributed by atoms with Crippen LogP contribution in [0.15, 0.2) is 12.7 Å². The van der Waals surface area contributed by atoms with Gasteiger partial charge in [0.1, 0.15) is 19.0 Å². The zero-order valence-corrected chi connectivity index (χ0v) is 14.8. The number of allylic oxidation sites excluding steroid dienone is 1. The van der Waals surface area contributed by atoms with E-state index < -0.39 is 5.41 Å². The third kappa shape index (κ3) is 5.28. The fourth-order valence-corrected chi connectivity index (χ4v) is 2.91. The lowest BCUT2D eigenvalue weighted by Gasteiger charge is -2.35. The molecule has 7 nitrogen and oxygen atoms in total. The number of methoxy groups -OCH3 is 2. The van der Waals surface area contributed by atoms with Crippen LogP contribution in [0.25, 0.3) is 0 Å². The van der Waals surface area contributed by atoms with Crippen LogP contribution in [0.4, 0.5) is 0 Å². The van der Waals surface area contributed by atoms with Gasteiger partial charge in [0.2, 0.25) is 5.91 Å². The van der Waals surface area contributed by atoms with Gasteiger partial charge in [-0.3, -0.25) is 4.79 Å². The fourth-order valence-electron chi connectivity index (χ4n) is 2.91. The Hall–Kier alpha value is -1.46. The molecule has 1 fully saturated rings. The second-order valence-corrected chi connectivity index (χ2v) is 6.09. The van der Waals surface area contributed by atoms with Gasteiger partial charge < -0.3 is 23.8 Å². The van der Waals surface area contributed by atoms with Gasteiger partial charge in [-0.25, -0.2) is 0 Å². The van der Waals surface area contributed by atoms with Crippen LogP contribution in [-0.4, -0.2) is 63.9 Å². The molecule has 0 bridgehead atoms. The van der Waals surface area contributed by atoms with E-state index in [4.69, 9.17) is 18.9 Å². The first-order valence-electron chi connectivity index (χ1n) is 8.02. The van der Waals surface area contributed by atoms with Crippen molar-refractivity contribution in [3.63, 3.8) is 0 Å². The Balaban J connectivity index is 2.89. The van der Waals surface area contributed by atoms with Crippen LogP contribution in [0.3, 0.4) is 0 Å². The molecule has 1 aliphatic heterocycles. The zero-order valence-electron chi connectivity index (χ0n) is 14.8. The van der Waals surface area contributed by atoms with E-state index in [1.54, 1.807) is 32.1 Å². The summed E-state index contributed by atoms with van der Waals surface area (Å²) >= 11 is 0. The number of nitrogens with zero attached hydrogens (tertiary/aromatic N) is 2. The minimum Gasteiger partial charge on any atom is -0.359 e. The maximum atomic E-state index is 13.1. The number of hydrogen-bond acceptors (Lipinski definition) is 6. The molecule has 0 spiro atoms. The molecule has 1 aliphatic rings. The molecule has 0 N–H and O–H groups in total. The monoisotopic (exact) mass is 340 g/mol. The number of nitriles is 1. The lowest BCUT2D eigenvalue weighted by atomic mass is 9.86. The number of carbonyl (C=O) groups is 1. The molecule has 1 rings (SSSR count). The topological polar surface area (TPSA) is 81.0 Å². The minimum absolute atomic E-state index is 0.0960. The van der Waals surface area contributed by atoms with Gasteiger partial charge in [-0.05, 0) is 26.2 Å². The number of hydrogen-bond donors (Lipinski definition) is 0. The summed E-state index contributed by atoms with van der Waals surface area (Å²) in [7, 11) is 3.10. The Kier molecular flexibility index (Phi) is 8.93. The number of carbonyl (C=O) groups excluding carboxylic acids is 1. The highest BCUT2D eigenvalue weighted by Gasteiger charge is 2.44. The van der Waals surface area contributed by atoms with E-state index in [-0.39, 0.29) is 31.6 Å². The van der Waals surface area contributed by atoms with Crippen LogP contribution >= 0.6 is 0 Å². The Morgan fingerprint density at radius 3 is 2.12 bits per heavy atom. The van der Waals surface area contributed by atoms with E-state index in [1.807, 2.05) is 0 Å². The molecule has 1 amide bonds. The summed E-state index contributed by atoms with van der Waals surface area (Å²) in [6.07, 6.45) is 3.50. The molecule has 7 heteroatoms. The molecule has 3 atom stereocenters. The van der Waals surface area contributed by atoms with Gasteiger partial charge in [-0.15, -0.1) is 6.58 Å². The molecule has 136 valence electrons. The fraction of sp³-hybridized carbons (Fsp3) is 0.765. The predicted octanol–water partition coefficient (Wildman–Crippen LogP) is 1.69. The lowest BCUT2D eigenvalue weighted by Crippen LogP contribution is -2.50. The van der Waals surface area contributed by atoms with Crippen LogP contribution in [-0.2, 0) is 23.7 Å². The normalized spacial score (nSPS) is 22.8. The molecule has 1 saturated heterocycles. The molecule has 0 aliphatic carbocycles. The molecule has 0 aromatic carbocycles. The summed E-state index contributed by atoms with van der Waals surface area (Å²) in [5, 5.41) is 9.50. The first kappa shape index (κ1) is 20.6. The van der Waals surface area contributed by atoms with Gasteiger partial charge >= 0.3 is 0 Å². The van der Waals surface area contributed by atoms with Gasteiger partial charge in [-0.1, -0.05) is 6.08 Å². The van der Waals surface area contributed by atoms with Crippen molar-refractivity contribution in [1.29, 1.82) is 5.26 Å². The van der Waals surface area contributed by atoms with Crippen LogP contribution in [0.5, 0.6) is 0 Å². The Morgan fingerprint density at radius 1 is 1.25 bits per heavy atom. The summed E-state index contributed by atoms with van der Waals surface area (Å²) in [5.41, 5.74) is -1.13. The van der Waals surface area contributed by atoms with Crippen molar-refractivity contribution in [2.75, 3.05) is 41.0 Å². The summed E-state index contributed by atoms with van der Waals surface area (Å²) < 4.78 is 20.7. The molecule has 1 heterocycles. The molecule has 0 aromatic heterocycles. The van der Waals surface area contributed by atoms with E-state index in [9.17, 15) is 10.1 Å². The SMILES string of the molecule is C=CC[C@@](C)(C#N)C(=O)N1[C@@H](COCOC)CC[C@@H]1COCOC. The molecular formula is C17H28N2O5. The molecular weight excluding hydrogens is 312 g/mol. The predicted molar refractivity (Wildman–Crippen MR) is 87.8 cm³/mol. The van der Waals surface area contributed by atoms with Crippen molar-refractivity contribution in [3.05, 3.63) is 12.7 Å². The first-order valence-corrected chi connectivity index (χ1v) is 8.02. The summed E-state index contributed by atoms with van der Waals surface area (Å²) in [4.78, 5) is 14.8. The van der Waals surface area contributed by atoms with Gasteiger partial charge in [-0.2, -0.15) is 5.26 Å². The highest BCUT2D eigenvalue weighted by atomic mass is 16.7. The second kappa shape index (κ2) is 10.4. The van der Waals surface area contributed by atoms with Crippen LogP contribution in [0, 0.1) is 16.7 Å². The second-order valence-electron chi connectivity index (χ2n) is 6.09. The third-order valence-corrected chi connectivity index (χ3v) is 4.15. The summed E-state index contributed by atoms with van der Waals surface area (Å²) in [6.45, 7) is 6.39. The maximum Gasteiger partial charge on any atom is 0.243 e. The first-order chi connectivity index (χ1) is 11.5. The number of likely N-dealkylation sites (tertiary alicyclic amines) is 1. The van der Waals surface area contributed by atoms with Gasteiger partial charge in [0.05, 0.1) is 31.4 Å². The number of amides is 1. The Morgan fingerprint density at radius 2 is 1.75 bits per heavy atom. The van der Waals surface area contributed by atoms with Crippen molar-refractivity contribution in [1.82, 2.24) is 4.90 Å². The number of ether oxygens (including phenoxy) is 4. The van der Waals surface area contributed by atoms with Gasteiger partial charge in [0, 0.05) is 14.2 Å². The van der Waals surface area contributed by atoms with E-state index in [2.05, 4.69) is 12.6 Å². The van der Waals surface area contributed by atoms with E-state index >= 15 is 0 Å². The highest BCUT2D eigenvalue weighted by Crippen LogP contribution is 2.32. The van der Waals surface area contributed by atoms with E-state index in [0.29, 0.717) is 19.6 Å². The smallest absolute Gasteiger partial charge is 0.243 e. The lowest BCUT2D eigenvalue weighted by molar-refractivity contribution is -0.146. The van der Waals surface area contributed by atoms with Crippen molar-refractivity contribution in [2.45, 2.75) is 38.3 Å². The molecule has 0 unspecified atom stereocenters. The van der Waals surface area contributed by atoms with Gasteiger partial charge in [0.15, 0.2) is 0 Å². The van der Waals surface area contributed by atoms with E-state index in [0.717, 1.165) is 12.8 Å². The quantitative estimate of drug-likeness (QED) is 0.323. The molecule has 0 radical (unpaired) electrons. The van der Waals surface area contributed by atoms with Crippen molar-refractivity contribution >= 4 is 5.91 Å². The largest absolute Gasteiger partial charge is 0.359 e. The van der Waals surface area contributed by atoms with Gasteiger partial charge in [0.25, 0.3) is 0 Å². The highest BCUT2D eigenvalue weighted by molar-refractivity contribution is 5.86. The average molecular weight is 340 g/mol. The Bertz CT molecular complexity index is 433. The van der Waals surface area contributed by atoms with Crippen molar-refractivity contribution in [2.24, 2.45) is 5.41 Å².